The van der Waals surface area contributed by atoms with E-state index in [9.17, 15) is 19.2 Å². The molecule has 2 fully saturated rings. The van der Waals surface area contributed by atoms with E-state index in [1.165, 1.54) is 6.07 Å². The van der Waals surface area contributed by atoms with Gasteiger partial charge in [-0.15, -0.1) is 0 Å². The van der Waals surface area contributed by atoms with E-state index in [0.717, 1.165) is 24.8 Å². The average Bonchev–Trinajstić information content (AvgIpc) is 3.57. The molecule has 29 heavy (non-hydrogen) atoms. The van der Waals surface area contributed by atoms with E-state index in [-0.39, 0.29) is 42.4 Å². The van der Waals surface area contributed by atoms with Crippen LogP contribution in [0.15, 0.2) is 18.2 Å². The Labute approximate surface area is 170 Å². The molecular weight excluding hydrogens is 373 g/mol. The molecule has 2 atom stereocenters. The number of rotatable bonds is 5. The highest BCUT2D eigenvalue weighted by molar-refractivity contribution is 5.76. The van der Waals surface area contributed by atoms with E-state index in [1.54, 1.807) is 22.9 Å². The van der Waals surface area contributed by atoms with E-state index in [2.05, 4.69) is 16.7 Å². The molecule has 0 bridgehead atoms. The number of hydrogen-bond acceptors (Lipinski definition) is 3. The fraction of sp³-hybridized carbons (Fsp3) is 0.571. The highest BCUT2D eigenvalue weighted by Crippen LogP contribution is 2.32. The van der Waals surface area contributed by atoms with Crippen LogP contribution in [0.25, 0.3) is 0 Å². The molecule has 1 aliphatic carbocycles. The first-order chi connectivity index (χ1) is 14.0. The molecule has 1 aromatic rings. The van der Waals surface area contributed by atoms with Crippen LogP contribution in [0.5, 0.6) is 0 Å². The van der Waals surface area contributed by atoms with Crippen molar-refractivity contribution in [1.29, 1.82) is 5.26 Å². The van der Waals surface area contributed by atoms with Crippen molar-refractivity contribution in [3.63, 3.8) is 0 Å². The van der Waals surface area contributed by atoms with Crippen molar-refractivity contribution >= 4 is 12.1 Å². The molecular formula is C21H28FN5O2. The number of benzene rings is 1. The van der Waals surface area contributed by atoms with Crippen LogP contribution in [0, 0.1) is 23.1 Å². The predicted octanol–water partition coefficient (Wildman–Crippen LogP) is 2.62. The lowest BCUT2D eigenvalue weighted by Gasteiger charge is -2.41. The van der Waals surface area contributed by atoms with Gasteiger partial charge in [0.25, 0.3) is 0 Å². The van der Waals surface area contributed by atoms with E-state index >= 15 is 0 Å². The maximum Gasteiger partial charge on any atom is 0.318 e. The minimum atomic E-state index is -0.323. The van der Waals surface area contributed by atoms with Crippen LogP contribution in [-0.2, 0) is 13.0 Å². The molecule has 4 amide bonds. The van der Waals surface area contributed by atoms with Gasteiger partial charge >= 0.3 is 12.1 Å². The lowest BCUT2D eigenvalue weighted by molar-refractivity contribution is 0.103. The van der Waals surface area contributed by atoms with Crippen LogP contribution in [0.1, 0.15) is 37.3 Å². The number of likely N-dealkylation sites (tertiary alicyclic amines) is 1. The predicted molar refractivity (Wildman–Crippen MR) is 106 cm³/mol. The highest BCUT2D eigenvalue weighted by Gasteiger charge is 2.41. The first kappa shape index (κ1) is 20.9. The standard InChI is InChI=1S/C21H28FN5O2/c1-3-14-4-5-16(19(22)9-14)11-25-21(29)27(17-6-7-17)18-8-15(10-23)12-26(13-18)20(28)24-2/h4-5,9,15,17-18H,3,6-8,11-13H2,1-2H3,(H,24,28)(H,25,29)/t15-,18-/m1/s1. The Morgan fingerprint density at radius 2 is 2.07 bits per heavy atom. The number of nitriles is 1. The van der Waals surface area contributed by atoms with Crippen molar-refractivity contribution in [2.24, 2.45) is 5.92 Å². The zero-order chi connectivity index (χ0) is 21.0. The Hall–Kier alpha value is -2.82. The Bertz CT molecular complexity index is 805. The van der Waals surface area contributed by atoms with Crippen molar-refractivity contribution in [1.82, 2.24) is 20.4 Å². The van der Waals surface area contributed by atoms with Crippen molar-refractivity contribution < 1.29 is 14.0 Å². The molecule has 0 radical (unpaired) electrons. The molecule has 1 saturated heterocycles. The van der Waals surface area contributed by atoms with E-state index in [0.29, 0.717) is 25.1 Å². The molecule has 1 aliphatic heterocycles. The van der Waals surface area contributed by atoms with Crippen LogP contribution in [0.3, 0.4) is 0 Å². The van der Waals surface area contributed by atoms with Crippen LogP contribution in [0.2, 0.25) is 0 Å². The monoisotopic (exact) mass is 401 g/mol. The van der Waals surface area contributed by atoms with Gasteiger partial charge in [0.05, 0.1) is 18.0 Å². The minimum absolute atomic E-state index is 0.103. The number of urea groups is 2. The largest absolute Gasteiger partial charge is 0.341 e. The molecule has 1 heterocycles. The zero-order valence-corrected chi connectivity index (χ0v) is 16.9. The summed E-state index contributed by atoms with van der Waals surface area (Å²) in [7, 11) is 1.55. The number of carbonyl (C=O) groups is 2. The number of aryl methyl sites for hydroxylation is 1. The van der Waals surface area contributed by atoms with Gasteiger partial charge in [-0.1, -0.05) is 19.1 Å². The van der Waals surface area contributed by atoms with E-state index in [1.807, 2.05) is 13.0 Å². The van der Waals surface area contributed by atoms with Gasteiger partial charge in [0, 0.05) is 38.3 Å². The van der Waals surface area contributed by atoms with Crippen molar-refractivity contribution in [2.45, 2.75) is 51.2 Å². The van der Waals surface area contributed by atoms with Crippen LogP contribution in [0.4, 0.5) is 14.0 Å². The third-order valence-electron chi connectivity index (χ3n) is 5.64. The summed E-state index contributed by atoms with van der Waals surface area (Å²) in [6, 6.07) is 6.67. The number of nitrogens with zero attached hydrogens (tertiary/aromatic N) is 3. The van der Waals surface area contributed by atoms with Gasteiger partial charge in [0.1, 0.15) is 5.82 Å². The molecule has 2 N–H and O–H groups in total. The summed E-state index contributed by atoms with van der Waals surface area (Å²) < 4.78 is 14.2. The second-order valence-corrected chi connectivity index (χ2v) is 7.75. The number of hydrogen-bond donors (Lipinski definition) is 2. The topological polar surface area (TPSA) is 88.5 Å². The van der Waals surface area contributed by atoms with Crippen LogP contribution in [-0.4, -0.2) is 54.1 Å². The zero-order valence-electron chi connectivity index (χ0n) is 16.9. The quantitative estimate of drug-likeness (QED) is 0.795. The van der Waals surface area contributed by atoms with Gasteiger partial charge in [0.2, 0.25) is 0 Å². The Morgan fingerprint density at radius 1 is 1.31 bits per heavy atom. The Morgan fingerprint density at radius 3 is 2.66 bits per heavy atom. The fourth-order valence-corrected chi connectivity index (χ4v) is 3.89. The molecule has 7 nitrogen and oxygen atoms in total. The number of piperidine rings is 1. The molecule has 0 unspecified atom stereocenters. The van der Waals surface area contributed by atoms with E-state index < -0.39 is 0 Å². The van der Waals surface area contributed by atoms with Crippen molar-refractivity contribution in [3.8, 4) is 6.07 Å². The highest BCUT2D eigenvalue weighted by atomic mass is 19.1. The normalized spacial score (nSPS) is 21.2. The second-order valence-electron chi connectivity index (χ2n) is 7.75. The smallest absolute Gasteiger partial charge is 0.318 e. The molecule has 0 aromatic heterocycles. The minimum Gasteiger partial charge on any atom is -0.341 e. The number of amides is 4. The Kier molecular flexibility index (Phi) is 6.57. The van der Waals surface area contributed by atoms with Gasteiger partial charge in [-0.25, -0.2) is 14.0 Å². The number of halogens is 1. The maximum atomic E-state index is 14.2. The molecule has 8 heteroatoms. The summed E-state index contributed by atoms with van der Waals surface area (Å²) in [6.07, 6.45) is 3.09. The van der Waals surface area contributed by atoms with Crippen LogP contribution >= 0.6 is 0 Å². The Balaban J connectivity index is 1.69. The summed E-state index contributed by atoms with van der Waals surface area (Å²) in [5, 5.41) is 14.8. The fourth-order valence-electron chi connectivity index (χ4n) is 3.89. The molecule has 2 aliphatic rings. The summed E-state index contributed by atoms with van der Waals surface area (Å²) >= 11 is 0. The number of nitrogens with one attached hydrogen (secondary N) is 2. The maximum absolute atomic E-state index is 14.2. The summed E-state index contributed by atoms with van der Waals surface area (Å²) in [5.41, 5.74) is 1.35. The first-order valence-corrected chi connectivity index (χ1v) is 10.2. The van der Waals surface area contributed by atoms with Gasteiger partial charge in [-0.2, -0.15) is 5.26 Å². The first-order valence-electron chi connectivity index (χ1n) is 10.2. The average molecular weight is 401 g/mol. The molecule has 1 saturated carbocycles. The lowest BCUT2D eigenvalue weighted by Crippen LogP contribution is -2.57. The van der Waals surface area contributed by atoms with Gasteiger partial charge in [-0.05, 0) is 37.3 Å². The number of carbonyl (C=O) groups excluding carboxylic acids is 2. The van der Waals surface area contributed by atoms with E-state index in [4.69, 9.17) is 0 Å². The summed E-state index contributed by atoms with van der Waals surface area (Å²) in [4.78, 5) is 28.4. The van der Waals surface area contributed by atoms with Crippen molar-refractivity contribution in [3.05, 3.63) is 35.1 Å². The van der Waals surface area contributed by atoms with Crippen molar-refractivity contribution in [2.75, 3.05) is 20.1 Å². The molecule has 1 aromatic carbocycles. The van der Waals surface area contributed by atoms with Gasteiger partial charge in [0.15, 0.2) is 0 Å². The third-order valence-corrected chi connectivity index (χ3v) is 5.64. The third kappa shape index (κ3) is 4.97. The second kappa shape index (κ2) is 9.12. The summed E-state index contributed by atoms with van der Waals surface area (Å²) in [5.74, 6) is -0.644. The molecule has 3 rings (SSSR count). The van der Waals surface area contributed by atoms with Gasteiger partial charge < -0.3 is 20.4 Å². The summed E-state index contributed by atoms with van der Waals surface area (Å²) in [6.45, 7) is 2.82. The van der Waals surface area contributed by atoms with Crippen LogP contribution < -0.4 is 10.6 Å². The molecule has 0 spiro atoms. The SMILES string of the molecule is CCc1ccc(CNC(=O)N(C2CC2)[C@@H]2C[C@H](C#N)CN(C(=O)NC)C2)c(F)c1. The van der Waals surface area contributed by atoms with Gasteiger partial charge in [-0.3, -0.25) is 0 Å². The molecule has 156 valence electrons. The lowest BCUT2D eigenvalue weighted by atomic mass is 9.94.